The van der Waals surface area contributed by atoms with E-state index in [4.69, 9.17) is 16.3 Å². The SMILES string of the molecule is COc1ccc(Cl)cc1NC(=O)CC(O)C(C)C. The number of aliphatic hydroxyl groups excluding tert-OH is 1. The Balaban J connectivity index is 2.72. The molecule has 0 aliphatic rings. The monoisotopic (exact) mass is 271 g/mol. The van der Waals surface area contributed by atoms with Crippen LogP contribution in [-0.4, -0.2) is 24.2 Å². The average Bonchev–Trinajstić information content (AvgIpc) is 2.28. The van der Waals surface area contributed by atoms with Crippen molar-refractivity contribution in [1.29, 1.82) is 0 Å². The van der Waals surface area contributed by atoms with Crippen LogP contribution in [0.3, 0.4) is 0 Å². The standard InChI is InChI=1S/C13H18ClNO3/c1-8(2)11(16)7-13(17)15-10-6-9(14)4-5-12(10)18-3/h4-6,8,11,16H,7H2,1-3H3,(H,15,17). The molecule has 1 amide bonds. The number of anilines is 1. The summed E-state index contributed by atoms with van der Waals surface area (Å²) in [6, 6.07) is 4.97. The molecule has 0 aromatic heterocycles. The summed E-state index contributed by atoms with van der Waals surface area (Å²) in [5.41, 5.74) is 0.506. The summed E-state index contributed by atoms with van der Waals surface area (Å²) in [7, 11) is 1.52. The van der Waals surface area contributed by atoms with Gasteiger partial charge in [-0.2, -0.15) is 0 Å². The van der Waals surface area contributed by atoms with E-state index in [9.17, 15) is 9.90 Å². The molecule has 0 bridgehead atoms. The first-order valence-corrected chi connectivity index (χ1v) is 6.13. The van der Waals surface area contributed by atoms with Crippen LogP contribution in [0.5, 0.6) is 5.75 Å². The summed E-state index contributed by atoms with van der Waals surface area (Å²) in [6.07, 6.45) is -0.608. The molecule has 1 aromatic carbocycles. The van der Waals surface area contributed by atoms with Crippen LogP contribution in [0.15, 0.2) is 18.2 Å². The molecular formula is C13H18ClNO3. The van der Waals surface area contributed by atoms with Gasteiger partial charge >= 0.3 is 0 Å². The molecule has 0 heterocycles. The van der Waals surface area contributed by atoms with Gasteiger partial charge in [-0.05, 0) is 24.1 Å². The molecule has 100 valence electrons. The minimum Gasteiger partial charge on any atom is -0.495 e. The van der Waals surface area contributed by atoms with E-state index in [-0.39, 0.29) is 18.2 Å². The molecule has 0 aliphatic carbocycles. The average molecular weight is 272 g/mol. The van der Waals surface area contributed by atoms with Crippen molar-refractivity contribution in [3.63, 3.8) is 0 Å². The van der Waals surface area contributed by atoms with Gasteiger partial charge in [0.05, 0.1) is 25.3 Å². The number of ether oxygens (including phenoxy) is 1. The third kappa shape index (κ3) is 4.20. The van der Waals surface area contributed by atoms with Gasteiger partial charge in [0, 0.05) is 5.02 Å². The molecule has 1 atom stereocenters. The van der Waals surface area contributed by atoms with Crippen LogP contribution in [-0.2, 0) is 4.79 Å². The highest BCUT2D eigenvalue weighted by molar-refractivity contribution is 6.31. The van der Waals surface area contributed by atoms with Crippen molar-refractivity contribution in [3.8, 4) is 5.75 Å². The van der Waals surface area contributed by atoms with Gasteiger partial charge in [0.2, 0.25) is 5.91 Å². The molecule has 0 saturated heterocycles. The molecule has 2 N–H and O–H groups in total. The normalized spacial score (nSPS) is 12.3. The Morgan fingerprint density at radius 3 is 2.72 bits per heavy atom. The maximum atomic E-state index is 11.7. The predicted molar refractivity (Wildman–Crippen MR) is 72.1 cm³/mol. The van der Waals surface area contributed by atoms with Gasteiger partial charge in [-0.15, -0.1) is 0 Å². The van der Waals surface area contributed by atoms with Gasteiger partial charge in [-0.1, -0.05) is 25.4 Å². The zero-order chi connectivity index (χ0) is 13.7. The molecular weight excluding hydrogens is 254 g/mol. The topological polar surface area (TPSA) is 58.6 Å². The maximum absolute atomic E-state index is 11.7. The van der Waals surface area contributed by atoms with E-state index in [0.717, 1.165) is 0 Å². The number of hydrogen-bond acceptors (Lipinski definition) is 3. The number of carbonyl (C=O) groups excluding carboxylic acids is 1. The zero-order valence-corrected chi connectivity index (χ0v) is 11.5. The Bertz CT molecular complexity index is 421. The van der Waals surface area contributed by atoms with Crippen molar-refractivity contribution in [2.75, 3.05) is 12.4 Å². The first-order valence-electron chi connectivity index (χ1n) is 5.75. The van der Waals surface area contributed by atoms with Gasteiger partial charge in [0.1, 0.15) is 5.75 Å². The maximum Gasteiger partial charge on any atom is 0.227 e. The van der Waals surface area contributed by atoms with Crippen molar-refractivity contribution in [2.45, 2.75) is 26.4 Å². The van der Waals surface area contributed by atoms with E-state index in [1.807, 2.05) is 13.8 Å². The minimum absolute atomic E-state index is 0.0389. The second-order valence-corrected chi connectivity index (χ2v) is 4.84. The summed E-state index contributed by atoms with van der Waals surface area (Å²) in [5, 5.41) is 12.8. The molecule has 1 aromatic rings. The number of benzene rings is 1. The Labute approximate surface area is 112 Å². The number of halogens is 1. The van der Waals surface area contributed by atoms with Gasteiger partial charge in [0.25, 0.3) is 0 Å². The summed E-state index contributed by atoms with van der Waals surface area (Å²) in [4.78, 5) is 11.7. The first-order chi connectivity index (χ1) is 8.43. The molecule has 18 heavy (non-hydrogen) atoms. The van der Waals surface area contributed by atoms with E-state index in [1.54, 1.807) is 18.2 Å². The van der Waals surface area contributed by atoms with E-state index in [0.29, 0.717) is 16.5 Å². The second kappa shape index (κ2) is 6.61. The molecule has 0 radical (unpaired) electrons. The second-order valence-electron chi connectivity index (χ2n) is 4.41. The Kier molecular flexibility index (Phi) is 5.44. The van der Waals surface area contributed by atoms with Crippen LogP contribution in [0, 0.1) is 5.92 Å². The predicted octanol–water partition coefficient (Wildman–Crippen LogP) is 2.69. The Hall–Kier alpha value is -1.26. The number of rotatable bonds is 5. The van der Waals surface area contributed by atoms with Gasteiger partial charge in [0.15, 0.2) is 0 Å². The fraction of sp³-hybridized carbons (Fsp3) is 0.462. The van der Waals surface area contributed by atoms with Crippen molar-refractivity contribution in [1.82, 2.24) is 0 Å². The highest BCUT2D eigenvalue weighted by Crippen LogP contribution is 2.27. The third-order valence-corrected chi connectivity index (χ3v) is 2.83. The van der Waals surface area contributed by atoms with Crippen molar-refractivity contribution < 1.29 is 14.6 Å². The fourth-order valence-corrected chi connectivity index (χ4v) is 1.58. The van der Waals surface area contributed by atoms with Crippen molar-refractivity contribution in [2.24, 2.45) is 5.92 Å². The third-order valence-electron chi connectivity index (χ3n) is 2.60. The molecule has 0 aliphatic heterocycles. The molecule has 1 unspecified atom stereocenters. The van der Waals surface area contributed by atoms with E-state index < -0.39 is 6.10 Å². The van der Waals surface area contributed by atoms with Crippen LogP contribution < -0.4 is 10.1 Å². The van der Waals surface area contributed by atoms with Crippen molar-refractivity contribution in [3.05, 3.63) is 23.2 Å². The van der Waals surface area contributed by atoms with E-state index >= 15 is 0 Å². The Morgan fingerprint density at radius 1 is 1.50 bits per heavy atom. The highest BCUT2D eigenvalue weighted by Gasteiger charge is 2.15. The van der Waals surface area contributed by atoms with Crippen LogP contribution in [0.4, 0.5) is 5.69 Å². The molecule has 0 fully saturated rings. The summed E-state index contributed by atoms with van der Waals surface area (Å²) < 4.78 is 5.12. The van der Waals surface area contributed by atoms with E-state index in [1.165, 1.54) is 7.11 Å². The Morgan fingerprint density at radius 2 is 2.17 bits per heavy atom. The lowest BCUT2D eigenvalue weighted by Crippen LogP contribution is -2.23. The molecule has 5 heteroatoms. The van der Waals surface area contributed by atoms with Crippen molar-refractivity contribution >= 4 is 23.2 Å². The number of methoxy groups -OCH3 is 1. The quantitative estimate of drug-likeness (QED) is 0.866. The molecule has 0 spiro atoms. The highest BCUT2D eigenvalue weighted by atomic mass is 35.5. The van der Waals surface area contributed by atoms with E-state index in [2.05, 4.69) is 5.32 Å². The van der Waals surface area contributed by atoms with Crippen LogP contribution in [0.2, 0.25) is 5.02 Å². The van der Waals surface area contributed by atoms with Gasteiger partial charge in [-0.25, -0.2) is 0 Å². The number of hydrogen-bond donors (Lipinski definition) is 2. The van der Waals surface area contributed by atoms with Gasteiger partial charge < -0.3 is 15.2 Å². The van der Waals surface area contributed by atoms with Crippen LogP contribution in [0.1, 0.15) is 20.3 Å². The number of amides is 1. The van der Waals surface area contributed by atoms with Crippen LogP contribution in [0.25, 0.3) is 0 Å². The first kappa shape index (κ1) is 14.8. The molecule has 1 rings (SSSR count). The smallest absolute Gasteiger partial charge is 0.227 e. The minimum atomic E-state index is -0.657. The lowest BCUT2D eigenvalue weighted by atomic mass is 10.0. The summed E-state index contributed by atoms with van der Waals surface area (Å²) in [5.74, 6) is 0.306. The summed E-state index contributed by atoms with van der Waals surface area (Å²) >= 11 is 5.86. The van der Waals surface area contributed by atoms with Crippen LogP contribution >= 0.6 is 11.6 Å². The molecule has 4 nitrogen and oxygen atoms in total. The zero-order valence-electron chi connectivity index (χ0n) is 10.7. The van der Waals surface area contributed by atoms with Gasteiger partial charge in [-0.3, -0.25) is 4.79 Å². The largest absolute Gasteiger partial charge is 0.495 e. The lowest BCUT2D eigenvalue weighted by molar-refractivity contribution is -0.118. The number of aliphatic hydroxyl groups is 1. The summed E-state index contributed by atoms with van der Waals surface area (Å²) in [6.45, 7) is 3.72. The number of nitrogens with one attached hydrogen (secondary N) is 1. The number of carbonyl (C=O) groups is 1. The molecule has 0 saturated carbocycles. The lowest BCUT2D eigenvalue weighted by Gasteiger charge is -2.15. The fourth-order valence-electron chi connectivity index (χ4n) is 1.40.